The predicted octanol–water partition coefficient (Wildman–Crippen LogP) is 0.516. The number of carbonyl (C=O) groups excluding carboxylic acids is 3. The van der Waals surface area contributed by atoms with Crippen LogP contribution < -0.4 is 0 Å². The molecule has 26 heavy (non-hydrogen) atoms. The molecule has 0 saturated carbocycles. The van der Waals surface area contributed by atoms with Gasteiger partial charge in [-0.05, 0) is 6.92 Å². The smallest absolute Gasteiger partial charge is 0.358 e. The summed E-state index contributed by atoms with van der Waals surface area (Å²) in [5.41, 5.74) is 0.208. The summed E-state index contributed by atoms with van der Waals surface area (Å²) >= 11 is 0. The van der Waals surface area contributed by atoms with E-state index in [1.165, 1.54) is 31.9 Å². The van der Waals surface area contributed by atoms with Gasteiger partial charge < -0.3 is 23.5 Å². The zero-order valence-electron chi connectivity index (χ0n) is 14.8. The molecule has 0 radical (unpaired) electrons. The minimum Gasteiger partial charge on any atom is -0.464 e. The van der Waals surface area contributed by atoms with Gasteiger partial charge in [0.2, 0.25) is 0 Å². The van der Waals surface area contributed by atoms with Crippen molar-refractivity contribution in [2.45, 2.75) is 51.7 Å². The Kier molecular flexibility index (Phi) is 5.94. The molecule has 1 aliphatic heterocycles. The molecule has 0 aromatic carbocycles. The molecule has 0 N–H and O–H groups in total. The van der Waals surface area contributed by atoms with Gasteiger partial charge in [-0.25, -0.2) is 9.78 Å². The Labute approximate surface area is 149 Å². The van der Waals surface area contributed by atoms with Gasteiger partial charge in [-0.15, -0.1) is 0 Å². The van der Waals surface area contributed by atoms with Crippen LogP contribution in [0.4, 0.5) is 0 Å². The molecule has 0 amide bonds. The first-order valence-electron chi connectivity index (χ1n) is 7.81. The van der Waals surface area contributed by atoms with Crippen LogP contribution >= 0.6 is 0 Å². The quantitative estimate of drug-likeness (QED) is 0.541. The van der Waals surface area contributed by atoms with Gasteiger partial charge in [0, 0.05) is 13.8 Å². The van der Waals surface area contributed by atoms with Crippen molar-refractivity contribution in [3.05, 3.63) is 17.7 Å². The molecule has 2 heterocycles. The van der Waals surface area contributed by atoms with E-state index in [9.17, 15) is 14.4 Å². The van der Waals surface area contributed by atoms with E-state index >= 15 is 0 Å². The van der Waals surface area contributed by atoms with E-state index in [1.807, 2.05) is 6.07 Å². The summed E-state index contributed by atoms with van der Waals surface area (Å²) in [7, 11) is 1.20. The zero-order chi connectivity index (χ0) is 19.4. The number of aromatic nitrogens is 2. The highest BCUT2D eigenvalue weighted by Gasteiger charge is 2.48. The van der Waals surface area contributed by atoms with E-state index in [0.717, 1.165) is 0 Å². The number of ether oxygens (including phenoxy) is 4. The van der Waals surface area contributed by atoms with Crippen LogP contribution in [0.3, 0.4) is 0 Å². The van der Waals surface area contributed by atoms with Crippen molar-refractivity contribution >= 4 is 17.9 Å². The number of hydrogen-bond acceptors (Lipinski definition) is 9. The van der Waals surface area contributed by atoms with E-state index in [1.54, 1.807) is 6.92 Å². The van der Waals surface area contributed by atoms with Crippen molar-refractivity contribution in [2.75, 3.05) is 7.11 Å². The van der Waals surface area contributed by atoms with Crippen LogP contribution in [-0.4, -0.2) is 52.9 Å². The molecule has 1 aliphatic rings. The van der Waals surface area contributed by atoms with Crippen LogP contribution in [0.15, 0.2) is 6.33 Å². The van der Waals surface area contributed by atoms with Crippen molar-refractivity contribution < 1.29 is 33.3 Å². The number of carbonyl (C=O) groups is 3. The molecular formula is C16H19N3O7. The van der Waals surface area contributed by atoms with Gasteiger partial charge in [-0.1, -0.05) is 0 Å². The number of nitrogens with zero attached hydrogens (tertiary/aromatic N) is 3. The van der Waals surface area contributed by atoms with E-state index in [2.05, 4.69) is 9.72 Å². The lowest BCUT2D eigenvalue weighted by molar-refractivity contribution is -0.165. The molecule has 0 spiro atoms. The van der Waals surface area contributed by atoms with E-state index in [4.69, 9.17) is 19.5 Å². The zero-order valence-corrected chi connectivity index (χ0v) is 14.8. The van der Waals surface area contributed by atoms with Crippen LogP contribution in [0, 0.1) is 11.3 Å². The number of methoxy groups -OCH3 is 1. The highest BCUT2D eigenvalue weighted by Crippen LogP contribution is 2.35. The van der Waals surface area contributed by atoms with Gasteiger partial charge in [-0.3, -0.25) is 9.59 Å². The fraction of sp³-hybridized carbons (Fsp3) is 0.562. The number of imidazole rings is 1. The van der Waals surface area contributed by atoms with Gasteiger partial charge in [0.05, 0.1) is 37.7 Å². The second kappa shape index (κ2) is 7.97. The summed E-state index contributed by atoms with van der Waals surface area (Å²) in [5, 5.41) is 9.08. The molecule has 140 valence electrons. The van der Waals surface area contributed by atoms with Crippen LogP contribution in [-0.2, 0) is 35.0 Å². The van der Waals surface area contributed by atoms with Gasteiger partial charge in [-0.2, -0.15) is 5.26 Å². The third-order valence-corrected chi connectivity index (χ3v) is 3.82. The van der Waals surface area contributed by atoms with Gasteiger partial charge in [0.25, 0.3) is 0 Å². The summed E-state index contributed by atoms with van der Waals surface area (Å²) in [6.45, 7) is 4.11. The lowest BCUT2D eigenvalue weighted by Crippen LogP contribution is -2.38. The summed E-state index contributed by atoms with van der Waals surface area (Å²) in [4.78, 5) is 38.7. The maximum Gasteiger partial charge on any atom is 0.358 e. The highest BCUT2D eigenvalue weighted by atomic mass is 16.6. The lowest BCUT2D eigenvalue weighted by atomic mass is 10.1. The summed E-state index contributed by atoms with van der Waals surface area (Å²) in [6, 6.07) is 1.95. The monoisotopic (exact) mass is 365 g/mol. The fourth-order valence-corrected chi connectivity index (χ4v) is 2.82. The molecule has 0 bridgehead atoms. The molecule has 1 fully saturated rings. The second-order valence-corrected chi connectivity index (χ2v) is 5.65. The van der Waals surface area contributed by atoms with Crippen molar-refractivity contribution in [3.63, 3.8) is 0 Å². The van der Waals surface area contributed by atoms with Crippen molar-refractivity contribution in [2.24, 2.45) is 0 Å². The highest BCUT2D eigenvalue weighted by molar-refractivity contribution is 5.88. The van der Waals surface area contributed by atoms with Gasteiger partial charge >= 0.3 is 17.9 Å². The molecular weight excluding hydrogens is 346 g/mol. The minimum absolute atomic E-state index is 0.0391. The first kappa shape index (κ1) is 19.4. The average molecular weight is 365 g/mol. The van der Waals surface area contributed by atoms with Crippen LogP contribution in [0.1, 0.15) is 43.2 Å². The van der Waals surface area contributed by atoms with Gasteiger partial charge in [0.15, 0.2) is 24.1 Å². The largest absolute Gasteiger partial charge is 0.464 e. The van der Waals surface area contributed by atoms with Gasteiger partial charge in [0.1, 0.15) is 0 Å². The summed E-state index contributed by atoms with van der Waals surface area (Å²) in [5.74, 6) is -1.85. The third kappa shape index (κ3) is 3.83. The predicted molar refractivity (Wildman–Crippen MR) is 83.6 cm³/mol. The summed E-state index contributed by atoms with van der Waals surface area (Å²) in [6.07, 6.45) is -2.18. The Morgan fingerprint density at radius 1 is 1.27 bits per heavy atom. The Hall–Kier alpha value is -2.93. The standard InChI is InChI=1S/C16H19N3O7/c1-8-13(25-9(2)20)14(26-10(3)21)15(24-8)19-7-18-12(16(22)23-4)11(19)5-6-17/h7-8,13-15H,5H2,1-4H3/t8-,13-,14-,15-/m1/s1. The van der Waals surface area contributed by atoms with E-state index in [-0.39, 0.29) is 17.8 Å². The SMILES string of the molecule is COC(=O)c1ncn([C@@H]2O[C@H](C)[C@@H](OC(C)=O)[C@H]2OC(C)=O)c1CC#N. The van der Waals surface area contributed by atoms with Crippen LogP contribution in [0.2, 0.25) is 0 Å². The van der Waals surface area contributed by atoms with E-state index < -0.39 is 42.4 Å². The van der Waals surface area contributed by atoms with E-state index in [0.29, 0.717) is 0 Å². The Morgan fingerprint density at radius 3 is 2.42 bits per heavy atom. The first-order chi connectivity index (χ1) is 12.3. The Morgan fingerprint density at radius 2 is 1.88 bits per heavy atom. The number of nitriles is 1. The maximum atomic E-state index is 11.9. The third-order valence-electron chi connectivity index (χ3n) is 3.82. The molecule has 1 aromatic heterocycles. The van der Waals surface area contributed by atoms with Crippen LogP contribution in [0.25, 0.3) is 0 Å². The molecule has 1 aromatic rings. The average Bonchev–Trinajstić information content (AvgIpc) is 3.10. The maximum absolute atomic E-state index is 11.9. The molecule has 4 atom stereocenters. The fourth-order valence-electron chi connectivity index (χ4n) is 2.82. The van der Waals surface area contributed by atoms with Crippen LogP contribution in [0.5, 0.6) is 0 Å². The first-order valence-corrected chi connectivity index (χ1v) is 7.81. The van der Waals surface area contributed by atoms with Crippen molar-refractivity contribution in [3.8, 4) is 6.07 Å². The Bertz CT molecular complexity index is 752. The molecule has 10 heteroatoms. The molecule has 0 aliphatic carbocycles. The normalized spacial score (nSPS) is 24.6. The molecule has 1 saturated heterocycles. The molecule has 10 nitrogen and oxygen atoms in total. The minimum atomic E-state index is -0.969. The number of rotatable bonds is 5. The summed E-state index contributed by atoms with van der Waals surface area (Å²) < 4.78 is 22.4. The number of hydrogen-bond donors (Lipinski definition) is 0. The second-order valence-electron chi connectivity index (χ2n) is 5.65. The number of esters is 3. The van der Waals surface area contributed by atoms with Crippen molar-refractivity contribution in [1.29, 1.82) is 5.26 Å². The lowest BCUT2D eigenvalue weighted by Gasteiger charge is -2.24. The molecule has 0 unspecified atom stereocenters. The Balaban J connectivity index is 2.46. The topological polar surface area (TPSA) is 130 Å². The van der Waals surface area contributed by atoms with Crippen molar-refractivity contribution in [1.82, 2.24) is 9.55 Å². The molecule has 2 rings (SSSR count).